The molecule has 0 aliphatic rings. The Morgan fingerprint density at radius 2 is 2.06 bits per heavy atom. The zero-order valence-corrected chi connectivity index (χ0v) is 8.57. The lowest BCUT2D eigenvalue weighted by atomic mass is 10.4. The first-order valence-electron chi connectivity index (χ1n) is 4.71. The van der Waals surface area contributed by atoms with Crippen molar-refractivity contribution in [3.8, 4) is 11.5 Å². The van der Waals surface area contributed by atoms with Gasteiger partial charge in [0, 0.05) is 25.5 Å². The number of anilines is 1. The van der Waals surface area contributed by atoms with Gasteiger partial charge in [0.25, 0.3) is 0 Å². The molecule has 0 saturated heterocycles. The number of aromatic nitrogens is 6. The quantitative estimate of drug-likeness (QED) is 0.622. The van der Waals surface area contributed by atoms with Gasteiger partial charge in [-0.2, -0.15) is 5.10 Å². The predicted molar refractivity (Wildman–Crippen MR) is 57.4 cm³/mol. The van der Waals surface area contributed by atoms with Crippen molar-refractivity contribution < 1.29 is 0 Å². The normalized spacial score (nSPS) is 11.1. The minimum absolute atomic E-state index is 0.360. The van der Waals surface area contributed by atoms with Crippen LogP contribution < -0.4 is 5.73 Å². The molecule has 0 aromatic carbocycles. The van der Waals surface area contributed by atoms with Crippen LogP contribution >= 0.6 is 0 Å². The Kier molecular flexibility index (Phi) is 1.67. The maximum absolute atomic E-state index is 5.80. The van der Waals surface area contributed by atoms with Crippen LogP contribution in [0.4, 0.5) is 5.95 Å². The van der Waals surface area contributed by atoms with Gasteiger partial charge >= 0.3 is 0 Å². The van der Waals surface area contributed by atoms with Crippen molar-refractivity contribution in [1.82, 2.24) is 29.4 Å². The van der Waals surface area contributed by atoms with Crippen molar-refractivity contribution in [3.63, 3.8) is 0 Å². The fraction of sp³-hybridized carbons (Fsp3) is 0.111. The molecule has 7 nitrogen and oxygen atoms in total. The fourth-order valence-electron chi connectivity index (χ4n) is 1.63. The van der Waals surface area contributed by atoms with Gasteiger partial charge < -0.3 is 5.73 Å². The largest absolute Gasteiger partial charge is 0.369 e. The van der Waals surface area contributed by atoms with E-state index in [1.165, 1.54) is 0 Å². The molecule has 0 fully saturated rings. The molecule has 0 spiro atoms. The Morgan fingerprint density at radius 3 is 2.81 bits per heavy atom. The molecule has 0 bridgehead atoms. The molecule has 0 amide bonds. The molecule has 0 aliphatic carbocycles. The van der Waals surface area contributed by atoms with Crippen LogP contribution in [0.15, 0.2) is 24.5 Å². The Morgan fingerprint density at radius 1 is 1.19 bits per heavy atom. The SMILES string of the molecule is Cn1nccc1-c1nnc2ccnc(N)n12. The van der Waals surface area contributed by atoms with Gasteiger partial charge in [-0.05, 0) is 6.07 Å². The minimum Gasteiger partial charge on any atom is -0.369 e. The monoisotopic (exact) mass is 215 g/mol. The third kappa shape index (κ3) is 1.08. The molecular weight excluding hydrogens is 206 g/mol. The summed E-state index contributed by atoms with van der Waals surface area (Å²) in [4.78, 5) is 4.01. The van der Waals surface area contributed by atoms with Crippen molar-refractivity contribution >= 4 is 11.6 Å². The molecule has 3 rings (SSSR count). The van der Waals surface area contributed by atoms with Gasteiger partial charge in [-0.1, -0.05) is 0 Å². The van der Waals surface area contributed by atoms with Gasteiger partial charge in [-0.25, -0.2) is 9.38 Å². The van der Waals surface area contributed by atoms with Crippen molar-refractivity contribution in [2.75, 3.05) is 5.73 Å². The van der Waals surface area contributed by atoms with Crippen LogP contribution in [-0.2, 0) is 7.05 Å². The summed E-state index contributed by atoms with van der Waals surface area (Å²) in [5.74, 6) is 0.999. The highest BCUT2D eigenvalue weighted by molar-refractivity contribution is 5.58. The second kappa shape index (κ2) is 3.02. The number of rotatable bonds is 1. The molecule has 0 unspecified atom stereocenters. The van der Waals surface area contributed by atoms with Crippen LogP contribution in [0.5, 0.6) is 0 Å². The third-order valence-corrected chi connectivity index (χ3v) is 2.40. The summed E-state index contributed by atoms with van der Waals surface area (Å²) < 4.78 is 3.40. The third-order valence-electron chi connectivity index (χ3n) is 2.40. The highest BCUT2D eigenvalue weighted by Gasteiger charge is 2.13. The summed E-state index contributed by atoms with van der Waals surface area (Å²) in [6.07, 6.45) is 3.30. The van der Waals surface area contributed by atoms with Crippen LogP contribution in [0.25, 0.3) is 17.2 Å². The van der Waals surface area contributed by atoms with Gasteiger partial charge in [0.2, 0.25) is 5.95 Å². The molecule has 3 heterocycles. The van der Waals surface area contributed by atoms with E-state index in [1.807, 2.05) is 13.1 Å². The molecule has 2 N–H and O–H groups in total. The van der Waals surface area contributed by atoms with Gasteiger partial charge in [0.1, 0.15) is 5.69 Å². The minimum atomic E-state index is 0.360. The van der Waals surface area contributed by atoms with E-state index in [2.05, 4.69) is 20.3 Å². The molecule has 0 saturated carbocycles. The number of fused-ring (bicyclic) bond motifs is 1. The highest BCUT2D eigenvalue weighted by atomic mass is 15.3. The van der Waals surface area contributed by atoms with E-state index in [4.69, 9.17) is 5.73 Å². The van der Waals surface area contributed by atoms with E-state index in [-0.39, 0.29) is 0 Å². The zero-order valence-electron chi connectivity index (χ0n) is 8.57. The van der Waals surface area contributed by atoms with E-state index in [1.54, 1.807) is 27.5 Å². The molecule has 7 heteroatoms. The first-order valence-corrected chi connectivity index (χ1v) is 4.71. The summed E-state index contributed by atoms with van der Waals surface area (Å²) in [6, 6.07) is 3.60. The molecule has 0 aliphatic heterocycles. The standard InChI is InChI=1S/C9H9N7/c1-15-6(2-5-12-15)8-14-13-7-3-4-11-9(10)16(7)8/h2-5H,1H3,(H2,10,11). The molecule has 3 aromatic rings. The molecule has 16 heavy (non-hydrogen) atoms. The van der Waals surface area contributed by atoms with Crippen molar-refractivity contribution in [3.05, 3.63) is 24.5 Å². The van der Waals surface area contributed by atoms with Crippen LogP contribution in [-0.4, -0.2) is 29.4 Å². The lowest BCUT2D eigenvalue weighted by Gasteiger charge is -2.02. The van der Waals surface area contributed by atoms with Gasteiger partial charge in [-0.15, -0.1) is 10.2 Å². The number of hydrogen-bond acceptors (Lipinski definition) is 5. The number of nitrogens with zero attached hydrogens (tertiary/aromatic N) is 6. The number of hydrogen-bond donors (Lipinski definition) is 1. The average Bonchev–Trinajstić information content (AvgIpc) is 2.84. The van der Waals surface area contributed by atoms with Gasteiger partial charge in [-0.3, -0.25) is 4.68 Å². The van der Waals surface area contributed by atoms with Crippen LogP contribution in [0.1, 0.15) is 0 Å². The van der Waals surface area contributed by atoms with Crippen LogP contribution in [0.2, 0.25) is 0 Å². The summed E-state index contributed by atoms with van der Waals surface area (Å²) in [5.41, 5.74) is 7.31. The Bertz CT molecular complexity index is 651. The second-order valence-corrected chi connectivity index (χ2v) is 3.36. The topological polar surface area (TPSA) is 86.9 Å². The predicted octanol–water partition coefficient (Wildman–Crippen LogP) is 0.107. The van der Waals surface area contributed by atoms with Crippen molar-refractivity contribution in [1.29, 1.82) is 0 Å². The first-order chi connectivity index (χ1) is 7.77. The summed E-state index contributed by atoms with van der Waals surface area (Å²) in [7, 11) is 1.84. The van der Waals surface area contributed by atoms with Gasteiger partial charge in [0.05, 0.1) is 0 Å². The van der Waals surface area contributed by atoms with E-state index in [9.17, 15) is 0 Å². The number of nitrogen functional groups attached to an aromatic ring is 1. The summed E-state index contributed by atoms with van der Waals surface area (Å²) in [6.45, 7) is 0. The molecule has 0 radical (unpaired) electrons. The highest BCUT2D eigenvalue weighted by Crippen LogP contribution is 2.18. The van der Waals surface area contributed by atoms with E-state index < -0.39 is 0 Å². The van der Waals surface area contributed by atoms with Crippen LogP contribution in [0.3, 0.4) is 0 Å². The summed E-state index contributed by atoms with van der Waals surface area (Å²) >= 11 is 0. The first kappa shape index (κ1) is 8.84. The second-order valence-electron chi connectivity index (χ2n) is 3.36. The van der Waals surface area contributed by atoms with E-state index in [0.29, 0.717) is 17.4 Å². The lowest BCUT2D eigenvalue weighted by Crippen LogP contribution is -2.03. The summed E-state index contributed by atoms with van der Waals surface area (Å²) in [5, 5.41) is 12.2. The average molecular weight is 215 g/mol. The molecule has 3 aromatic heterocycles. The Labute approximate surface area is 90.5 Å². The number of nitrogens with two attached hydrogens (primary N) is 1. The van der Waals surface area contributed by atoms with E-state index in [0.717, 1.165) is 5.69 Å². The van der Waals surface area contributed by atoms with Crippen molar-refractivity contribution in [2.24, 2.45) is 7.05 Å². The molecule has 80 valence electrons. The van der Waals surface area contributed by atoms with E-state index >= 15 is 0 Å². The molecule has 0 atom stereocenters. The maximum Gasteiger partial charge on any atom is 0.207 e. The zero-order chi connectivity index (χ0) is 11.1. The smallest absolute Gasteiger partial charge is 0.207 e. The Hall–Kier alpha value is -2.44. The maximum atomic E-state index is 5.80. The number of aryl methyl sites for hydroxylation is 1. The fourth-order valence-corrected chi connectivity index (χ4v) is 1.63. The molecular formula is C9H9N7. The van der Waals surface area contributed by atoms with Crippen LogP contribution in [0, 0.1) is 0 Å². The van der Waals surface area contributed by atoms with Gasteiger partial charge in [0.15, 0.2) is 11.5 Å². The lowest BCUT2D eigenvalue weighted by molar-refractivity contribution is 0.768. The Balaban J connectivity index is 2.37. The van der Waals surface area contributed by atoms with Crippen molar-refractivity contribution in [2.45, 2.75) is 0 Å².